The summed E-state index contributed by atoms with van der Waals surface area (Å²) < 4.78 is 2.09. The summed E-state index contributed by atoms with van der Waals surface area (Å²) >= 11 is 1.48. The van der Waals surface area contributed by atoms with E-state index in [1.54, 1.807) is 6.33 Å². The third-order valence-electron chi connectivity index (χ3n) is 4.38. The van der Waals surface area contributed by atoms with Crippen LogP contribution < -0.4 is 5.32 Å². The van der Waals surface area contributed by atoms with Crippen molar-refractivity contribution in [3.8, 4) is 0 Å². The maximum Gasteiger partial charge on any atom is 0.230 e. The van der Waals surface area contributed by atoms with Gasteiger partial charge in [0.15, 0.2) is 5.16 Å². The first-order valence-electron chi connectivity index (χ1n) is 8.18. The van der Waals surface area contributed by atoms with E-state index in [4.69, 9.17) is 0 Å². The molecule has 0 spiro atoms. The number of hydrogen-bond donors (Lipinski definition) is 1. The highest BCUT2D eigenvalue weighted by Gasteiger charge is 2.33. The van der Waals surface area contributed by atoms with E-state index >= 15 is 0 Å². The van der Waals surface area contributed by atoms with Gasteiger partial charge in [0.05, 0.1) is 11.8 Å². The van der Waals surface area contributed by atoms with Crippen molar-refractivity contribution in [3.05, 3.63) is 42.2 Å². The van der Waals surface area contributed by atoms with Crippen molar-refractivity contribution in [3.63, 3.8) is 0 Å². The van der Waals surface area contributed by atoms with Crippen LogP contribution in [0.3, 0.4) is 0 Å². The Morgan fingerprint density at radius 3 is 2.74 bits per heavy atom. The van der Waals surface area contributed by atoms with E-state index in [-0.39, 0.29) is 11.9 Å². The normalized spacial score (nSPS) is 18.6. The van der Waals surface area contributed by atoms with Gasteiger partial charge in [-0.2, -0.15) is 0 Å². The summed E-state index contributed by atoms with van der Waals surface area (Å²) in [5.74, 6) is 1.05. The molecule has 2 aromatic rings. The predicted molar refractivity (Wildman–Crippen MR) is 89.1 cm³/mol. The first-order valence-corrected chi connectivity index (χ1v) is 9.16. The minimum Gasteiger partial charge on any atom is -0.348 e. The van der Waals surface area contributed by atoms with Crippen molar-refractivity contribution in [2.24, 2.45) is 5.92 Å². The summed E-state index contributed by atoms with van der Waals surface area (Å²) in [6, 6.07) is 11.0. The Morgan fingerprint density at radius 1 is 1.26 bits per heavy atom. The number of carbonyl (C=O) groups is 1. The first-order chi connectivity index (χ1) is 11.3. The predicted octanol–water partition coefficient (Wildman–Crippen LogP) is 2.97. The number of amides is 1. The van der Waals surface area contributed by atoms with E-state index in [2.05, 4.69) is 32.2 Å². The quantitative estimate of drug-likeness (QED) is 0.794. The largest absolute Gasteiger partial charge is 0.348 e. The summed E-state index contributed by atoms with van der Waals surface area (Å²) in [5.41, 5.74) is 1.20. The zero-order valence-electron chi connectivity index (χ0n) is 12.9. The van der Waals surface area contributed by atoms with Gasteiger partial charge in [0.1, 0.15) is 6.33 Å². The molecule has 5 nitrogen and oxygen atoms in total. The van der Waals surface area contributed by atoms with Crippen LogP contribution >= 0.6 is 11.8 Å². The monoisotopic (exact) mass is 328 g/mol. The van der Waals surface area contributed by atoms with Crippen molar-refractivity contribution in [2.45, 2.75) is 42.9 Å². The summed E-state index contributed by atoms with van der Waals surface area (Å²) in [6.07, 6.45) is 6.55. The van der Waals surface area contributed by atoms with Gasteiger partial charge in [0.25, 0.3) is 0 Å². The number of aromatic nitrogens is 3. The van der Waals surface area contributed by atoms with Crippen LogP contribution in [0.15, 0.2) is 41.8 Å². The lowest BCUT2D eigenvalue weighted by Crippen LogP contribution is -2.31. The summed E-state index contributed by atoms with van der Waals surface area (Å²) in [5, 5.41) is 12.2. The lowest BCUT2D eigenvalue weighted by molar-refractivity contribution is -0.119. The molecule has 1 amide bonds. The summed E-state index contributed by atoms with van der Waals surface area (Å²) in [4.78, 5) is 12.4. The number of carbonyl (C=O) groups excluding carboxylic acids is 1. The standard InChI is InChI=1S/C17H20N4OS/c22-15(10-23-17-20-18-11-21(17)14-8-9-14)19-16(13-6-7-13)12-4-2-1-3-5-12/h1-5,11,13-14,16H,6-10H2,(H,19,22). The van der Waals surface area contributed by atoms with E-state index in [0.29, 0.717) is 17.7 Å². The molecular weight excluding hydrogens is 308 g/mol. The van der Waals surface area contributed by atoms with Crippen LogP contribution in [0, 0.1) is 5.92 Å². The summed E-state index contributed by atoms with van der Waals surface area (Å²) in [6.45, 7) is 0. The number of hydrogen-bond acceptors (Lipinski definition) is 4. The number of nitrogens with zero attached hydrogens (tertiary/aromatic N) is 3. The zero-order chi connectivity index (χ0) is 15.6. The lowest BCUT2D eigenvalue weighted by atomic mass is 10.0. The highest BCUT2D eigenvalue weighted by Crippen LogP contribution is 2.41. The minimum atomic E-state index is 0.0705. The molecule has 0 bridgehead atoms. The van der Waals surface area contributed by atoms with Crippen LogP contribution in [0.1, 0.15) is 43.3 Å². The fraction of sp³-hybridized carbons (Fsp3) is 0.471. The molecule has 1 aromatic carbocycles. The Labute approximate surface area is 139 Å². The van der Waals surface area contributed by atoms with Crippen LogP contribution in [-0.2, 0) is 4.79 Å². The number of benzene rings is 1. The third-order valence-corrected chi connectivity index (χ3v) is 5.34. The molecule has 23 heavy (non-hydrogen) atoms. The van der Waals surface area contributed by atoms with E-state index < -0.39 is 0 Å². The average Bonchev–Trinajstić information content (AvgIpc) is 3.51. The maximum absolute atomic E-state index is 12.4. The highest BCUT2D eigenvalue weighted by atomic mass is 32.2. The van der Waals surface area contributed by atoms with Gasteiger partial charge in [0, 0.05) is 6.04 Å². The van der Waals surface area contributed by atoms with Crippen molar-refractivity contribution < 1.29 is 4.79 Å². The molecule has 4 rings (SSSR count). The fourth-order valence-corrected chi connectivity index (χ4v) is 3.64. The number of nitrogens with one attached hydrogen (secondary N) is 1. The van der Waals surface area contributed by atoms with Gasteiger partial charge >= 0.3 is 0 Å². The molecule has 1 N–H and O–H groups in total. The van der Waals surface area contributed by atoms with Gasteiger partial charge in [-0.3, -0.25) is 4.79 Å². The molecule has 2 aliphatic rings. The molecule has 6 heteroatoms. The zero-order valence-corrected chi connectivity index (χ0v) is 13.7. The second kappa shape index (κ2) is 6.35. The van der Waals surface area contributed by atoms with Crippen LogP contribution in [0.25, 0.3) is 0 Å². The SMILES string of the molecule is O=C(CSc1nncn1C1CC1)NC(c1ccccc1)C1CC1. The molecule has 1 heterocycles. The van der Waals surface area contributed by atoms with E-state index in [9.17, 15) is 4.79 Å². The van der Waals surface area contributed by atoms with Gasteiger partial charge in [-0.05, 0) is 37.2 Å². The molecule has 2 aliphatic carbocycles. The highest BCUT2D eigenvalue weighted by molar-refractivity contribution is 7.99. The van der Waals surface area contributed by atoms with E-state index in [1.165, 1.54) is 43.0 Å². The van der Waals surface area contributed by atoms with Crippen LogP contribution in [-0.4, -0.2) is 26.4 Å². The Morgan fingerprint density at radius 2 is 2.04 bits per heavy atom. The molecular formula is C17H20N4OS. The van der Waals surface area contributed by atoms with E-state index in [0.717, 1.165) is 5.16 Å². The average molecular weight is 328 g/mol. The van der Waals surface area contributed by atoms with Crippen LogP contribution in [0.5, 0.6) is 0 Å². The fourth-order valence-electron chi connectivity index (χ4n) is 2.85. The topological polar surface area (TPSA) is 59.8 Å². The maximum atomic E-state index is 12.4. The Bertz CT molecular complexity index is 679. The van der Waals surface area contributed by atoms with Gasteiger partial charge < -0.3 is 9.88 Å². The van der Waals surface area contributed by atoms with Crippen LogP contribution in [0.2, 0.25) is 0 Å². The van der Waals surface area contributed by atoms with Crippen molar-refractivity contribution in [2.75, 3.05) is 5.75 Å². The Hall–Kier alpha value is -1.82. The molecule has 1 unspecified atom stereocenters. The second-order valence-electron chi connectivity index (χ2n) is 6.33. The van der Waals surface area contributed by atoms with Gasteiger partial charge in [-0.1, -0.05) is 42.1 Å². The first kappa shape index (κ1) is 14.8. The van der Waals surface area contributed by atoms with Crippen molar-refractivity contribution in [1.82, 2.24) is 20.1 Å². The Balaban J connectivity index is 1.36. The Kier molecular flexibility index (Phi) is 4.08. The number of thioether (sulfide) groups is 1. The molecule has 0 radical (unpaired) electrons. The number of rotatable bonds is 7. The van der Waals surface area contributed by atoms with Crippen LogP contribution in [0.4, 0.5) is 0 Å². The molecule has 2 fully saturated rings. The van der Waals surface area contributed by atoms with Gasteiger partial charge in [0.2, 0.25) is 5.91 Å². The minimum absolute atomic E-state index is 0.0705. The second-order valence-corrected chi connectivity index (χ2v) is 7.28. The van der Waals surface area contributed by atoms with Gasteiger partial charge in [-0.25, -0.2) is 0 Å². The molecule has 2 saturated carbocycles. The molecule has 1 aromatic heterocycles. The van der Waals surface area contributed by atoms with Crippen molar-refractivity contribution >= 4 is 17.7 Å². The smallest absolute Gasteiger partial charge is 0.230 e. The molecule has 120 valence electrons. The molecule has 0 saturated heterocycles. The van der Waals surface area contributed by atoms with Gasteiger partial charge in [-0.15, -0.1) is 10.2 Å². The van der Waals surface area contributed by atoms with Crippen molar-refractivity contribution in [1.29, 1.82) is 0 Å². The lowest BCUT2D eigenvalue weighted by Gasteiger charge is -2.18. The third kappa shape index (κ3) is 3.58. The molecule has 1 atom stereocenters. The summed E-state index contributed by atoms with van der Waals surface area (Å²) in [7, 11) is 0. The van der Waals surface area contributed by atoms with E-state index in [1.807, 2.05) is 18.2 Å². The molecule has 0 aliphatic heterocycles.